The highest BCUT2D eigenvalue weighted by molar-refractivity contribution is 5.99. The Hall–Kier alpha value is -6.52. The molecule has 28 heteroatoms. The van der Waals surface area contributed by atoms with Crippen LogP contribution in [0.25, 0.3) is 0 Å². The zero-order valence-corrected chi connectivity index (χ0v) is 49.0. The van der Waals surface area contributed by atoms with Crippen molar-refractivity contribution in [3.05, 3.63) is 0 Å². The van der Waals surface area contributed by atoms with Gasteiger partial charge in [0, 0.05) is 26.2 Å². The molecule has 4 rings (SSSR count). The van der Waals surface area contributed by atoms with Crippen LogP contribution >= 0.6 is 0 Å². The summed E-state index contributed by atoms with van der Waals surface area (Å²) in [6.07, 6.45) is 3.14. The van der Waals surface area contributed by atoms with E-state index in [1.807, 2.05) is 0 Å². The van der Waals surface area contributed by atoms with Crippen molar-refractivity contribution in [3.63, 3.8) is 0 Å². The second-order valence-electron chi connectivity index (χ2n) is 24.0. The number of nitrogens with zero attached hydrogens (tertiary/aromatic N) is 4. The third-order valence-corrected chi connectivity index (χ3v) is 13.8. The molecule has 0 aromatic heterocycles. The lowest BCUT2D eigenvalue weighted by Gasteiger charge is -2.34. The minimum atomic E-state index is -1.43. The molecule has 81 heavy (non-hydrogen) atoms. The van der Waals surface area contributed by atoms with Crippen LogP contribution in [0.5, 0.6) is 0 Å². The summed E-state index contributed by atoms with van der Waals surface area (Å²) < 4.78 is 17.5. The summed E-state index contributed by atoms with van der Waals surface area (Å²) in [7, 11) is 0. The molecule has 0 radical (unpaired) electrons. The van der Waals surface area contributed by atoms with Crippen LogP contribution in [-0.4, -0.2) is 227 Å². The fraction of sp³-hybridized carbons (Fsp3) is 0.774. The number of carbonyl (C=O) groups excluding carboxylic acids is 12. The van der Waals surface area contributed by atoms with Crippen molar-refractivity contribution in [1.29, 1.82) is 0 Å². The van der Waals surface area contributed by atoms with E-state index in [4.69, 9.17) is 25.7 Å². The molecule has 4 fully saturated rings. The summed E-state index contributed by atoms with van der Waals surface area (Å²) in [6.45, 7) is 17.1. The van der Waals surface area contributed by atoms with Crippen LogP contribution in [0.3, 0.4) is 0 Å². The van der Waals surface area contributed by atoms with Crippen LogP contribution in [0.2, 0.25) is 0 Å². The molecule has 12 amide bonds. The summed E-state index contributed by atoms with van der Waals surface area (Å²) in [5, 5.41) is 17.7. The van der Waals surface area contributed by atoms with E-state index in [1.165, 1.54) is 33.4 Å². The molecule has 4 saturated heterocycles. The highest BCUT2D eigenvalue weighted by atomic mass is 16.5. The standard InChI is InChI=1S/C53H89N13O15/c1-30(54)43(71)57-24-39(67)56-26-41(69)63-20-12-16-35(63)46(74)62-34(29-81-53(9,10)11)45(73)61-33(28-80-52(6,7)8)44(72)58-25-40(68)59-31(2)48(76)65-22-14-18-37(65)50(78)66-23-15-19-38(66)49(77)64-21-13-17-36(64)47(75)60-32(42(55)70)27-79-51(3,4)5/h30-38H,12-29,54H2,1-11H3,(H2,55,70)(H,56,67)(H,57,71)(H,58,72)(H,59,68)(H,60,75)(H,61,73)(H,62,74)/t30-,31-,32-,33-,34-,35-,36-,37-,38-/m0/s1. The van der Waals surface area contributed by atoms with Crippen molar-refractivity contribution in [2.75, 3.05) is 65.6 Å². The molecule has 0 bridgehead atoms. The maximum absolute atomic E-state index is 14.3. The summed E-state index contributed by atoms with van der Waals surface area (Å²) in [4.78, 5) is 166. The Bertz CT molecular complexity index is 2320. The topological polar surface area (TPSA) is 382 Å². The molecule has 0 unspecified atom stereocenters. The number of ether oxygens (including phenoxy) is 3. The molecule has 4 aliphatic rings. The molecule has 11 N–H and O–H groups in total. The molecule has 456 valence electrons. The molecule has 0 aromatic rings. The first-order valence-corrected chi connectivity index (χ1v) is 27.9. The second kappa shape index (κ2) is 29.5. The number of nitrogens with two attached hydrogens (primary N) is 2. The fourth-order valence-electron chi connectivity index (χ4n) is 9.53. The third kappa shape index (κ3) is 20.8. The number of primary amides is 1. The Labute approximate surface area is 474 Å². The van der Waals surface area contributed by atoms with E-state index in [9.17, 15) is 57.5 Å². The minimum absolute atomic E-state index is 0.161. The number of amides is 12. The van der Waals surface area contributed by atoms with Gasteiger partial charge in [0.05, 0.1) is 62.3 Å². The van der Waals surface area contributed by atoms with Crippen LogP contribution in [-0.2, 0) is 71.7 Å². The number of likely N-dealkylation sites (tertiary alicyclic amines) is 4. The normalized spacial score (nSPS) is 21.2. The Kier molecular flexibility index (Phi) is 24.4. The molecule has 28 nitrogen and oxygen atoms in total. The van der Waals surface area contributed by atoms with Crippen LogP contribution in [0.4, 0.5) is 0 Å². The molecular formula is C53H89N13O15. The van der Waals surface area contributed by atoms with E-state index < -0.39 is 162 Å². The van der Waals surface area contributed by atoms with E-state index in [1.54, 1.807) is 62.3 Å². The lowest BCUT2D eigenvalue weighted by molar-refractivity contribution is -0.151. The van der Waals surface area contributed by atoms with Gasteiger partial charge in [0.25, 0.3) is 0 Å². The molecular weight excluding hydrogens is 1060 g/mol. The first-order valence-electron chi connectivity index (χ1n) is 27.9. The van der Waals surface area contributed by atoms with E-state index in [0.717, 1.165) is 0 Å². The molecule has 4 aliphatic heterocycles. The van der Waals surface area contributed by atoms with Crippen molar-refractivity contribution in [3.8, 4) is 0 Å². The van der Waals surface area contributed by atoms with Gasteiger partial charge in [-0.1, -0.05) is 0 Å². The van der Waals surface area contributed by atoms with Gasteiger partial charge in [-0.3, -0.25) is 57.5 Å². The molecule has 0 spiro atoms. The minimum Gasteiger partial charge on any atom is -0.373 e. The van der Waals surface area contributed by atoms with Gasteiger partial charge in [-0.25, -0.2) is 0 Å². The smallest absolute Gasteiger partial charge is 0.246 e. The van der Waals surface area contributed by atoms with Crippen LogP contribution in [0.15, 0.2) is 0 Å². The number of hydrogen-bond donors (Lipinski definition) is 9. The van der Waals surface area contributed by atoms with E-state index in [-0.39, 0.29) is 52.4 Å². The molecule has 0 aromatic carbocycles. The van der Waals surface area contributed by atoms with E-state index in [0.29, 0.717) is 44.9 Å². The maximum Gasteiger partial charge on any atom is 0.246 e. The third-order valence-electron chi connectivity index (χ3n) is 13.8. The number of rotatable bonds is 25. The summed E-state index contributed by atoms with van der Waals surface area (Å²) in [5.41, 5.74) is 8.87. The predicted octanol–water partition coefficient (Wildman–Crippen LogP) is -3.46. The van der Waals surface area contributed by atoms with Crippen molar-refractivity contribution in [1.82, 2.24) is 56.8 Å². The molecule has 0 saturated carbocycles. The van der Waals surface area contributed by atoms with E-state index >= 15 is 0 Å². The van der Waals surface area contributed by atoms with Gasteiger partial charge in [0.1, 0.15) is 48.3 Å². The summed E-state index contributed by atoms with van der Waals surface area (Å²) >= 11 is 0. The number of hydrogen-bond acceptors (Lipinski definition) is 16. The van der Waals surface area contributed by atoms with Gasteiger partial charge in [0.15, 0.2) is 0 Å². The van der Waals surface area contributed by atoms with E-state index in [2.05, 4.69) is 37.2 Å². The van der Waals surface area contributed by atoms with Gasteiger partial charge in [0.2, 0.25) is 70.9 Å². The summed E-state index contributed by atoms with van der Waals surface area (Å²) in [5.74, 6) is -7.76. The van der Waals surface area contributed by atoms with Gasteiger partial charge in [-0.2, -0.15) is 0 Å². The van der Waals surface area contributed by atoms with Gasteiger partial charge in [-0.15, -0.1) is 0 Å². The lowest BCUT2D eigenvalue weighted by Crippen LogP contribution is -2.60. The second-order valence-corrected chi connectivity index (χ2v) is 24.0. The van der Waals surface area contributed by atoms with Crippen LogP contribution < -0.4 is 48.7 Å². The van der Waals surface area contributed by atoms with Crippen molar-refractivity contribution >= 4 is 70.9 Å². The van der Waals surface area contributed by atoms with Crippen LogP contribution in [0.1, 0.15) is 128 Å². The average Bonchev–Trinajstić information content (AvgIpc) is 4.42. The summed E-state index contributed by atoms with van der Waals surface area (Å²) in [6, 6.07) is -9.74. The number of carbonyl (C=O) groups is 12. The van der Waals surface area contributed by atoms with Crippen LogP contribution in [0, 0.1) is 0 Å². The quantitative estimate of drug-likeness (QED) is 0.0429. The zero-order chi connectivity index (χ0) is 60.7. The Morgan fingerprint density at radius 3 is 1.36 bits per heavy atom. The van der Waals surface area contributed by atoms with Crippen molar-refractivity contribution in [2.45, 2.75) is 199 Å². The van der Waals surface area contributed by atoms with Crippen molar-refractivity contribution < 1.29 is 71.7 Å². The largest absolute Gasteiger partial charge is 0.373 e. The maximum atomic E-state index is 14.3. The first kappa shape index (κ1) is 67.0. The average molecular weight is 1150 g/mol. The van der Waals surface area contributed by atoms with Crippen molar-refractivity contribution in [2.24, 2.45) is 11.5 Å². The SMILES string of the molecule is C[C@H](N)C(=O)NCC(=O)NCC(=O)N1CCC[C@H]1C(=O)N[C@@H](COC(C)(C)C)C(=O)N[C@@H](COC(C)(C)C)C(=O)NCC(=O)N[C@@H](C)C(=O)N1CCC[C@H]1C(=O)N1CCC[C@H]1C(=O)N1CCC[C@H]1C(=O)N[C@@H](COC(C)(C)C)C(N)=O. The van der Waals surface area contributed by atoms with Gasteiger partial charge < -0.3 is 82.5 Å². The number of nitrogens with one attached hydrogen (secondary N) is 7. The predicted molar refractivity (Wildman–Crippen MR) is 291 cm³/mol. The fourth-order valence-corrected chi connectivity index (χ4v) is 9.53. The molecule has 4 heterocycles. The highest BCUT2D eigenvalue weighted by Gasteiger charge is 2.47. The van der Waals surface area contributed by atoms with Gasteiger partial charge >= 0.3 is 0 Å². The lowest BCUT2D eigenvalue weighted by atomic mass is 10.1. The Morgan fingerprint density at radius 2 is 0.864 bits per heavy atom. The first-order chi connectivity index (χ1) is 37.7. The van der Waals surface area contributed by atoms with Gasteiger partial charge in [-0.05, 0) is 128 Å². The monoisotopic (exact) mass is 1150 g/mol. The molecule has 0 aliphatic carbocycles. The Morgan fingerprint density at radius 1 is 0.469 bits per heavy atom. The molecule has 9 atom stereocenters. The highest BCUT2D eigenvalue weighted by Crippen LogP contribution is 2.29. The zero-order valence-electron chi connectivity index (χ0n) is 49.0. The Balaban J connectivity index is 1.37.